The summed E-state index contributed by atoms with van der Waals surface area (Å²) in [6, 6.07) is 5.03. The molecule has 0 bridgehead atoms. The van der Waals surface area contributed by atoms with E-state index in [0.29, 0.717) is 23.4 Å². The topological polar surface area (TPSA) is 40.5 Å². The highest BCUT2D eigenvalue weighted by molar-refractivity contribution is 6.31. The maximum absolute atomic E-state index is 9.44. The second kappa shape index (κ2) is 4.49. The Morgan fingerprint density at radius 2 is 2.15 bits per heavy atom. The Morgan fingerprint density at radius 3 is 2.69 bits per heavy atom. The Labute approximate surface area is 82.8 Å². The normalized spacial score (nSPS) is 12.8. The lowest BCUT2D eigenvalue weighted by Crippen LogP contribution is -2.01. The van der Waals surface area contributed by atoms with Crippen LogP contribution in [0, 0.1) is 0 Å². The van der Waals surface area contributed by atoms with Crippen LogP contribution in [0.15, 0.2) is 18.2 Å². The third-order valence-corrected chi connectivity index (χ3v) is 2.26. The summed E-state index contributed by atoms with van der Waals surface area (Å²) in [5, 5.41) is 19.1. The van der Waals surface area contributed by atoms with Crippen LogP contribution in [0.3, 0.4) is 0 Å². The van der Waals surface area contributed by atoms with Crippen molar-refractivity contribution >= 4 is 11.6 Å². The molecule has 2 N–H and O–H groups in total. The highest BCUT2D eigenvalue weighted by Gasteiger charge is 2.06. The monoisotopic (exact) mass is 200 g/mol. The van der Waals surface area contributed by atoms with Crippen molar-refractivity contribution in [1.29, 1.82) is 0 Å². The van der Waals surface area contributed by atoms with Crippen LogP contribution in [0.1, 0.15) is 18.9 Å². The number of hydrogen-bond donors (Lipinski definition) is 2. The molecule has 1 rings (SSSR count). The lowest BCUT2D eigenvalue weighted by molar-refractivity contribution is 0.184. The van der Waals surface area contributed by atoms with Crippen molar-refractivity contribution < 1.29 is 10.2 Å². The SMILES string of the molecule is C[C@@H](O)CCc1c(O)cccc1Cl. The molecule has 1 aromatic rings. The van der Waals surface area contributed by atoms with Crippen molar-refractivity contribution in [2.45, 2.75) is 25.9 Å². The Balaban J connectivity index is 2.75. The molecule has 0 aliphatic carbocycles. The van der Waals surface area contributed by atoms with Crippen LogP contribution in [-0.2, 0) is 6.42 Å². The molecule has 0 saturated carbocycles. The summed E-state index contributed by atoms with van der Waals surface area (Å²) in [5.41, 5.74) is 0.713. The number of rotatable bonds is 3. The van der Waals surface area contributed by atoms with Gasteiger partial charge in [0.1, 0.15) is 5.75 Å². The summed E-state index contributed by atoms with van der Waals surface area (Å²) < 4.78 is 0. The van der Waals surface area contributed by atoms with Crippen molar-refractivity contribution in [3.8, 4) is 5.75 Å². The Bertz CT molecular complexity index is 264. The van der Waals surface area contributed by atoms with Gasteiger partial charge in [0.15, 0.2) is 0 Å². The third kappa shape index (κ3) is 2.90. The van der Waals surface area contributed by atoms with Crippen molar-refractivity contribution in [2.75, 3.05) is 0 Å². The first-order chi connectivity index (χ1) is 6.11. The minimum atomic E-state index is -0.365. The maximum Gasteiger partial charge on any atom is 0.120 e. The Morgan fingerprint density at radius 1 is 1.46 bits per heavy atom. The molecule has 0 radical (unpaired) electrons. The van der Waals surface area contributed by atoms with E-state index in [1.165, 1.54) is 0 Å². The third-order valence-electron chi connectivity index (χ3n) is 1.91. The highest BCUT2D eigenvalue weighted by atomic mass is 35.5. The molecule has 0 spiro atoms. The van der Waals surface area contributed by atoms with Gasteiger partial charge in [-0.2, -0.15) is 0 Å². The molecular weight excluding hydrogens is 188 g/mol. The zero-order chi connectivity index (χ0) is 9.84. The van der Waals surface area contributed by atoms with Crippen LogP contribution >= 0.6 is 11.6 Å². The molecule has 0 aromatic heterocycles. The molecular formula is C10H13ClO2. The van der Waals surface area contributed by atoms with E-state index >= 15 is 0 Å². The molecule has 0 unspecified atom stereocenters. The van der Waals surface area contributed by atoms with Crippen molar-refractivity contribution in [3.05, 3.63) is 28.8 Å². The lowest BCUT2D eigenvalue weighted by Gasteiger charge is -2.07. The average Bonchev–Trinajstić information content (AvgIpc) is 2.03. The zero-order valence-corrected chi connectivity index (χ0v) is 8.25. The maximum atomic E-state index is 9.44. The summed E-state index contributed by atoms with van der Waals surface area (Å²) in [6.45, 7) is 1.72. The van der Waals surface area contributed by atoms with Crippen molar-refractivity contribution in [3.63, 3.8) is 0 Å². The number of aromatic hydroxyl groups is 1. The van der Waals surface area contributed by atoms with E-state index in [2.05, 4.69) is 0 Å². The number of phenolic OH excluding ortho intramolecular Hbond substituents is 1. The summed E-state index contributed by atoms with van der Waals surface area (Å²) in [6.07, 6.45) is 0.844. The van der Waals surface area contributed by atoms with E-state index in [1.54, 1.807) is 25.1 Å². The highest BCUT2D eigenvalue weighted by Crippen LogP contribution is 2.26. The number of phenols is 1. The largest absolute Gasteiger partial charge is 0.508 e. The van der Waals surface area contributed by atoms with Crippen LogP contribution < -0.4 is 0 Å². The van der Waals surface area contributed by atoms with Gasteiger partial charge in [0, 0.05) is 10.6 Å². The van der Waals surface area contributed by atoms with E-state index < -0.39 is 0 Å². The second-order valence-corrected chi connectivity index (χ2v) is 3.53. The fourth-order valence-electron chi connectivity index (χ4n) is 1.15. The fraction of sp³-hybridized carbons (Fsp3) is 0.400. The van der Waals surface area contributed by atoms with E-state index in [9.17, 15) is 5.11 Å². The molecule has 0 saturated heterocycles. The quantitative estimate of drug-likeness (QED) is 0.787. The summed E-state index contributed by atoms with van der Waals surface area (Å²) in [5.74, 6) is 0.202. The first kappa shape index (κ1) is 10.4. The van der Waals surface area contributed by atoms with Gasteiger partial charge in [0.2, 0.25) is 0 Å². The molecule has 2 nitrogen and oxygen atoms in total. The standard InChI is InChI=1S/C10H13ClO2/c1-7(12)5-6-8-9(11)3-2-4-10(8)13/h2-4,7,12-13H,5-6H2,1H3/t7-/m1/s1. The minimum Gasteiger partial charge on any atom is -0.508 e. The zero-order valence-electron chi connectivity index (χ0n) is 7.50. The van der Waals surface area contributed by atoms with Gasteiger partial charge in [-0.1, -0.05) is 17.7 Å². The van der Waals surface area contributed by atoms with Crippen molar-refractivity contribution in [1.82, 2.24) is 0 Å². The first-order valence-corrected chi connectivity index (χ1v) is 4.63. The van der Waals surface area contributed by atoms with Crippen LogP contribution in [0.2, 0.25) is 5.02 Å². The predicted molar refractivity (Wildman–Crippen MR) is 53.1 cm³/mol. The van der Waals surface area contributed by atoms with E-state index in [-0.39, 0.29) is 11.9 Å². The molecule has 0 aliphatic heterocycles. The van der Waals surface area contributed by atoms with E-state index in [4.69, 9.17) is 16.7 Å². The number of aliphatic hydroxyl groups is 1. The molecule has 13 heavy (non-hydrogen) atoms. The second-order valence-electron chi connectivity index (χ2n) is 3.13. The first-order valence-electron chi connectivity index (χ1n) is 4.25. The molecule has 1 aromatic carbocycles. The van der Waals surface area contributed by atoms with Crippen LogP contribution in [-0.4, -0.2) is 16.3 Å². The summed E-state index contributed by atoms with van der Waals surface area (Å²) >= 11 is 5.87. The van der Waals surface area contributed by atoms with E-state index in [1.807, 2.05) is 0 Å². The average molecular weight is 201 g/mol. The van der Waals surface area contributed by atoms with Gasteiger partial charge in [-0.3, -0.25) is 0 Å². The molecule has 0 aliphatic rings. The smallest absolute Gasteiger partial charge is 0.120 e. The number of hydrogen-bond acceptors (Lipinski definition) is 2. The van der Waals surface area contributed by atoms with Gasteiger partial charge in [0.05, 0.1) is 6.10 Å². The lowest BCUT2D eigenvalue weighted by atomic mass is 10.1. The Hall–Kier alpha value is -0.730. The number of benzene rings is 1. The van der Waals surface area contributed by atoms with Crippen LogP contribution in [0.25, 0.3) is 0 Å². The molecule has 0 heterocycles. The Kier molecular flexibility index (Phi) is 3.58. The molecule has 0 fully saturated rings. The van der Waals surface area contributed by atoms with Gasteiger partial charge in [-0.15, -0.1) is 0 Å². The van der Waals surface area contributed by atoms with Crippen LogP contribution in [0.5, 0.6) is 5.75 Å². The van der Waals surface area contributed by atoms with Gasteiger partial charge in [-0.05, 0) is 31.9 Å². The minimum absolute atomic E-state index is 0.202. The van der Waals surface area contributed by atoms with Gasteiger partial charge in [-0.25, -0.2) is 0 Å². The van der Waals surface area contributed by atoms with Crippen molar-refractivity contribution in [2.24, 2.45) is 0 Å². The summed E-state index contributed by atoms with van der Waals surface area (Å²) in [7, 11) is 0. The molecule has 3 heteroatoms. The van der Waals surface area contributed by atoms with Gasteiger partial charge in [0.25, 0.3) is 0 Å². The molecule has 0 amide bonds. The molecule has 1 atom stereocenters. The molecule has 72 valence electrons. The fourth-order valence-corrected chi connectivity index (χ4v) is 1.41. The number of halogens is 1. The van der Waals surface area contributed by atoms with Gasteiger partial charge >= 0.3 is 0 Å². The predicted octanol–water partition coefficient (Wildman–Crippen LogP) is 2.36. The summed E-state index contributed by atoms with van der Waals surface area (Å²) in [4.78, 5) is 0. The van der Waals surface area contributed by atoms with Crippen LogP contribution in [0.4, 0.5) is 0 Å². The number of aliphatic hydroxyl groups excluding tert-OH is 1. The van der Waals surface area contributed by atoms with Gasteiger partial charge < -0.3 is 10.2 Å². The van der Waals surface area contributed by atoms with E-state index in [0.717, 1.165) is 0 Å².